The Labute approximate surface area is 95.1 Å². The lowest BCUT2D eigenvalue weighted by Gasteiger charge is -2.26. The fourth-order valence-corrected chi connectivity index (χ4v) is 1.88. The minimum Gasteiger partial charge on any atom is -0.304 e. The average Bonchev–Trinajstić information content (AvgIpc) is 2.43. The largest absolute Gasteiger partial charge is 0.304 e. The zero-order valence-electron chi connectivity index (χ0n) is 9.78. The van der Waals surface area contributed by atoms with Gasteiger partial charge in [-0.2, -0.15) is 0 Å². The topological polar surface area (TPSA) is 37.4 Å². The molecule has 0 N–H and O–H groups in total. The second kappa shape index (κ2) is 3.44. The number of hydrogen-bond acceptors (Lipinski definition) is 2. The molecule has 1 amide bonds. The highest BCUT2D eigenvalue weighted by Crippen LogP contribution is 2.31. The number of carbonyl (C=O) groups is 2. The van der Waals surface area contributed by atoms with Gasteiger partial charge in [0.25, 0.3) is 11.7 Å². The quantitative estimate of drug-likeness (QED) is 0.677. The van der Waals surface area contributed by atoms with E-state index >= 15 is 0 Å². The molecule has 2 rings (SSSR count). The Bertz CT molecular complexity index is 457. The molecule has 0 bridgehead atoms. The number of fused-ring (bicyclic) bond motifs is 1. The summed E-state index contributed by atoms with van der Waals surface area (Å²) < 4.78 is 0. The minimum absolute atomic E-state index is 0.0204. The van der Waals surface area contributed by atoms with Gasteiger partial charge in [0.05, 0.1) is 11.3 Å². The van der Waals surface area contributed by atoms with Crippen LogP contribution in [0.2, 0.25) is 0 Å². The molecule has 0 unspecified atom stereocenters. The van der Waals surface area contributed by atoms with E-state index in [0.29, 0.717) is 12.1 Å². The summed E-state index contributed by atoms with van der Waals surface area (Å²) in [6, 6.07) is 7.16. The number of anilines is 1. The van der Waals surface area contributed by atoms with E-state index in [1.54, 1.807) is 17.0 Å². The first kappa shape index (κ1) is 10.9. The zero-order valence-corrected chi connectivity index (χ0v) is 9.78. The molecule has 1 aromatic rings. The predicted molar refractivity (Wildman–Crippen MR) is 62.6 cm³/mol. The van der Waals surface area contributed by atoms with Crippen molar-refractivity contribution in [3.8, 4) is 0 Å². The Morgan fingerprint density at radius 2 is 1.75 bits per heavy atom. The second-order valence-corrected chi connectivity index (χ2v) is 5.30. The number of Topliss-reactive ketones (excluding diaryl/α,β-unsaturated/α-hetero) is 1. The molecule has 0 saturated carbocycles. The number of hydrogen-bond donors (Lipinski definition) is 0. The van der Waals surface area contributed by atoms with Crippen molar-refractivity contribution in [2.24, 2.45) is 5.41 Å². The van der Waals surface area contributed by atoms with Crippen LogP contribution in [0.25, 0.3) is 0 Å². The summed E-state index contributed by atoms with van der Waals surface area (Å²) in [5, 5.41) is 0. The first-order chi connectivity index (χ1) is 7.40. The van der Waals surface area contributed by atoms with Gasteiger partial charge in [-0.05, 0) is 17.5 Å². The van der Waals surface area contributed by atoms with Crippen molar-refractivity contribution in [1.29, 1.82) is 0 Å². The number of benzene rings is 1. The SMILES string of the molecule is CC(C)(C)CN1C(=O)C(=O)c2ccccc21. The monoisotopic (exact) mass is 217 g/mol. The number of ketones is 1. The van der Waals surface area contributed by atoms with Crippen LogP contribution in [-0.2, 0) is 4.79 Å². The fourth-order valence-electron chi connectivity index (χ4n) is 1.88. The molecule has 1 aliphatic rings. The van der Waals surface area contributed by atoms with Gasteiger partial charge in [0.1, 0.15) is 0 Å². The summed E-state index contributed by atoms with van der Waals surface area (Å²) >= 11 is 0. The third kappa shape index (κ3) is 1.73. The van der Waals surface area contributed by atoms with Crippen LogP contribution in [0.5, 0.6) is 0 Å². The van der Waals surface area contributed by atoms with E-state index in [4.69, 9.17) is 0 Å². The molecule has 1 aromatic carbocycles. The van der Waals surface area contributed by atoms with Crippen molar-refractivity contribution < 1.29 is 9.59 Å². The van der Waals surface area contributed by atoms with Gasteiger partial charge in [0.15, 0.2) is 0 Å². The number of para-hydroxylation sites is 1. The maximum Gasteiger partial charge on any atom is 0.299 e. The number of nitrogens with zero attached hydrogens (tertiary/aromatic N) is 1. The molecule has 0 spiro atoms. The molecular weight excluding hydrogens is 202 g/mol. The first-order valence-corrected chi connectivity index (χ1v) is 5.35. The van der Waals surface area contributed by atoms with E-state index in [-0.39, 0.29) is 11.2 Å². The molecule has 0 fully saturated rings. The fraction of sp³-hybridized carbons (Fsp3) is 0.385. The van der Waals surface area contributed by atoms with Crippen LogP contribution in [0.1, 0.15) is 31.1 Å². The van der Waals surface area contributed by atoms with Gasteiger partial charge in [-0.25, -0.2) is 0 Å². The molecule has 0 aromatic heterocycles. The highest BCUT2D eigenvalue weighted by Gasteiger charge is 2.36. The average molecular weight is 217 g/mol. The highest BCUT2D eigenvalue weighted by molar-refractivity contribution is 6.52. The van der Waals surface area contributed by atoms with Crippen LogP contribution in [-0.4, -0.2) is 18.2 Å². The normalized spacial score (nSPS) is 15.6. The summed E-state index contributed by atoms with van der Waals surface area (Å²) in [5.74, 6) is -0.795. The van der Waals surface area contributed by atoms with E-state index in [1.165, 1.54) is 0 Å². The molecule has 1 heterocycles. The lowest BCUT2D eigenvalue weighted by atomic mass is 9.96. The highest BCUT2D eigenvalue weighted by atomic mass is 16.2. The Morgan fingerprint density at radius 3 is 2.38 bits per heavy atom. The summed E-state index contributed by atoms with van der Waals surface area (Å²) in [6.45, 7) is 6.71. The van der Waals surface area contributed by atoms with Crippen LogP contribution >= 0.6 is 0 Å². The maximum atomic E-state index is 11.8. The number of carbonyl (C=O) groups excluding carboxylic acids is 2. The molecule has 3 nitrogen and oxygen atoms in total. The Balaban J connectivity index is 2.42. The van der Waals surface area contributed by atoms with Crippen molar-refractivity contribution in [2.45, 2.75) is 20.8 Å². The predicted octanol–water partition coefficient (Wildman–Crippen LogP) is 2.26. The van der Waals surface area contributed by atoms with Gasteiger partial charge in [-0.1, -0.05) is 32.9 Å². The molecular formula is C13H15NO2. The van der Waals surface area contributed by atoms with Gasteiger partial charge in [-0.15, -0.1) is 0 Å². The first-order valence-electron chi connectivity index (χ1n) is 5.35. The van der Waals surface area contributed by atoms with Crippen molar-refractivity contribution >= 4 is 17.4 Å². The van der Waals surface area contributed by atoms with Gasteiger partial charge in [0.2, 0.25) is 0 Å². The molecule has 0 atom stereocenters. The molecule has 0 aliphatic carbocycles. The van der Waals surface area contributed by atoms with E-state index in [9.17, 15) is 9.59 Å². The molecule has 84 valence electrons. The molecule has 0 radical (unpaired) electrons. The van der Waals surface area contributed by atoms with E-state index in [2.05, 4.69) is 0 Å². The third-order valence-electron chi connectivity index (χ3n) is 2.51. The van der Waals surface area contributed by atoms with Crippen LogP contribution in [0.3, 0.4) is 0 Å². The standard InChI is InChI=1S/C13H15NO2/c1-13(2,3)8-14-10-7-5-4-6-9(10)11(15)12(14)16/h4-7H,8H2,1-3H3. The van der Waals surface area contributed by atoms with Crippen LogP contribution in [0.15, 0.2) is 24.3 Å². The second-order valence-electron chi connectivity index (χ2n) is 5.30. The Kier molecular flexibility index (Phi) is 2.34. The van der Waals surface area contributed by atoms with Crippen LogP contribution in [0.4, 0.5) is 5.69 Å². The summed E-state index contributed by atoms with van der Waals surface area (Å²) in [4.78, 5) is 25.1. The number of amides is 1. The van der Waals surface area contributed by atoms with Crippen molar-refractivity contribution in [2.75, 3.05) is 11.4 Å². The lowest BCUT2D eigenvalue weighted by Crippen LogP contribution is -2.36. The van der Waals surface area contributed by atoms with Gasteiger partial charge < -0.3 is 4.90 Å². The van der Waals surface area contributed by atoms with Gasteiger partial charge >= 0.3 is 0 Å². The van der Waals surface area contributed by atoms with Gasteiger partial charge in [0, 0.05) is 6.54 Å². The third-order valence-corrected chi connectivity index (χ3v) is 2.51. The van der Waals surface area contributed by atoms with Crippen LogP contribution < -0.4 is 4.90 Å². The molecule has 16 heavy (non-hydrogen) atoms. The minimum atomic E-state index is -0.406. The molecule has 3 heteroatoms. The summed E-state index contributed by atoms with van der Waals surface area (Å²) in [7, 11) is 0. The molecule has 1 aliphatic heterocycles. The lowest BCUT2D eigenvalue weighted by molar-refractivity contribution is -0.114. The smallest absolute Gasteiger partial charge is 0.299 e. The van der Waals surface area contributed by atoms with E-state index in [0.717, 1.165) is 5.69 Å². The summed E-state index contributed by atoms with van der Waals surface area (Å²) in [6.07, 6.45) is 0. The van der Waals surface area contributed by atoms with Crippen molar-refractivity contribution in [3.05, 3.63) is 29.8 Å². The molecule has 0 saturated heterocycles. The van der Waals surface area contributed by atoms with Crippen molar-refractivity contribution in [1.82, 2.24) is 0 Å². The van der Waals surface area contributed by atoms with Crippen molar-refractivity contribution in [3.63, 3.8) is 0 Å². The maximum absolute atomic E-state index is 11.8. The Morgan fingerprint density at radius 1 is 1.12 bits per heavy atom. The van der Waals surface area contributed by atoms with E-state index < -0.39 is 5.91 Å². The van der Waals surface area contributed by atoms with Crippen LogP contribution in [0, 0.1) is 5.41 Å². The van der Waals surface area contributed by atoms with Gasteiger partial charge in [-0.3, -0.25) is 9.59 Å². The zero-order chi connectivity index (χ0) is 11.9. The number of rotatable bonds is 1. The Hall–Kier alpha value is -1.64. The summed E-state index contributed by atoms with van der Waals surface area (Å²) in [5.41, 5.74) is 1.25. The van der Waals surface area contributed by atoms with E-state index in [1.807, 2.05) is 32.9 Å².